The molecule has 0 fully saturated rings. The van der Waals surface area contributed by atoms with Gasteiger partial charge in [-0.3, -0.25) is 4.79 Å². The van der Waals surface area contributed by atoms with Crippen LogP contribution in [0.25, 0.3) is 11.1 Å². The number of carbonyl (C=O) groups is 1. The molecule has 0 N–H and O–H groups in total. The molecule has 0 aliphatic carbocycles. The number of ether oxygens (including phenoxy) is 1. The van der Waals surface area contributed by atoms with Gasteiger partial charge in [-0.1, -0.05) is 55.5 Å². The first kappa shape index (κ1) is 15.9. The molecule has 0 atom stereocenters. The molecule has 0 radical (unpaired) electrons. The fraction of sp³-hybridized carbons (Fsp3) is 0.235. The molecule has 2 aromatic rings. The Bertz CT molecular complexity index is 524. The van der Waals surface area contributed by atoms with Gasteiger partial charge in [-0.05, 0) is 18.6 Å². The third kappa shape index (κ3) is 5.22. The summed E-state index contributed by atoms with van der Waals surface area (Å²) in [5, 5.41) is 0. The van der Waals surface area contributed by atoms with E-state index in [9.17, 15) is 9.18 Å². The minimum atomic E-state index is -0.172. The molecule has 20 heavy (non-hydrogen) atoms. The zero-order valence-corrected chi connectivity index (χ0v) is 11.8. The summed E-state index contributed by atoms with van der Waals surface area (Å²) in [5.74, 6) is -0.295. The van der Waals surface area contributed by atoms with Gasteiger partial charge in [-0.15, -0.1) is 0 Å². The molecule has 0 aromatic heterocycles. The first-order chi connectivity index (χ1) is 9.69. The largest absolute Gasteiger partial charge is 0.466 e. The first-order valence-electron chi connectivity index (χ1n) is 6.64. The zero-order chi connectivity index (χ0) is 14.8. The molecule has 106 valence electrons. The van der Waals surface area contributed by atoms with E-state index in [2.05, 4.69) is 4.74 Å². The van der Waals surface area contributed by atoms with Gasteiger partial charge in [0.15, 0.2) is 0 Å². The molecular weight excluding hydrogens is 255 g/mol. The van der Waals surface area contributed by atoms with Crippen molar-refractivity contribution in [2.24, 2.45) is 0 Å². The summed E-state index contributed by atoms with van der Waals surface area (Å²) in [5.41, 5.74) is 1.57. The summed E-state index contributed by atoms with van der Waals surface area (Å²) < 4.78 is 17.8. The summed E-state index contributed by atoms with van der Waals surface area (Å²) in [6.07, 6.45) is 0.480. The molecule has 3 heteroatoms. The van der Waals surface area contributed by atoms with Crippen molar-refractivity contribution >= 4 is 5.97 Å². The predicted octanol–water partition coefficient (Wildman–Crippen LogP) is 4.45. The van der Waals surface area contributed by atoms with Crippen molar-refractivity contribution in [3.05, 3.63) is 60.4 Å². The third-order valence-electron chi connectivity index (χ3n) is 2.55. The number of hydrogen-bond acceptors (Lipinski definition) is 2. The summed E-state index contributed by atoms with van der Waals surface area (Å²) in [6.45, 7) is 4.07. The second-order valence-electron chi connectivity index (χ2n) is 4.00. The molecule has 0 unspecified atom stereocenters. The lowest BCUT2D eigenvalue weighted by Gasteiger charge is -2.01. The average Bonchev–Trinajstić information content (AvgIpc) is 2.49. The number of benzene rings is 2. The Morgan fingerprint density at radius 1 is 1.00 bits per heavy atom. The standard InChI is InChI=1S/C12H9F.C5H10O2/c13-12-9-5-4-8-11(12)10-6-2-1-3-7-10;1-3-5(6)7-4-2/h1-9H;3-4H2,1-2H3. The topological polar surface area (TPSA) is 26.3 Å². The molecule has 2 rings (SSSR count). The van der Waals surface area contributed by atoms with Crippen molar-refractivity contribution in [2.45, 2.75) is 20.3 Å². The second-order valence-corrected chi connectivity index (χ2v) is 4.00. The quantitative estimate of drug-likeness (QED) is 0.773. The van der Waals surface area contributed by atoms with Gasteiger partial charge in [0.25, 0.3) is 0 Å². The van der Waals surface area contributed by atoms with Gasteiger partial charge >= 0.3 is 5.97 Å². The van der Waals surface area contributed by atoms with E-state index in [4.69, 9.17) is 0 Å². The lowest BCUT2D eigenvalue weighted by atomic mass is 10.1. The van der Waals surface area contributed by atoms with E-state index >= 15 is 0 Å². The highest BCUT2D eigenvalue weighted by Gasteiger charge is 2.01. The Labute approximate surface area is 119 Å². The number of halogens is 1. The van der Waals surface area contributed by atoms with Gasteiger partial charge in [0.2, 0.25) is 0 Å². The molecule has 0 spiro atoms. The number of rotatable bonds is 3. The van der Waals surface area contributed by atoms with Gasteiger partial charge < -0.3 is 4.74 Å². The van der Waals surface area contributed by atoms with Gasteiger partial charge in [-0.2, -0.15) is 0 Å². The number of hydrogen-bond donors (Lipinski definition) is 0. The Kier molecular flexibility index (Phi) is 7.04. The summed E-state index contributed by atoms with van der Waals surface area (Å²) in [4.78, 5) is 10.2. The summed E-state index contributed by atoms with van der Waals surface area (Å²) in [7, 11) is 0. The number of carbonyl (C=O) groups excluding carboxylic acids is 1. The van der Waals surface area contributed by atoms with Gasteiger partial charge in [-0.25, -0.2) is 4.39 Å². The van der Waals surface area contributed by atoms with Crippen LogP contribution in [0.4, 0.5) is 4.39 Å². The van der Waals surface area contributed by atoms with Crippen molar-refractivity contribution in [2.75, 3.05) is 6.61 Å². The Morgan fingerprint density at radius 2 is 1.60 bits per heavy atom. The highest BCUT2D eigenvalue weighted by atomic mass is 19.1. The molecule has 0 aliphatic rings. The smallest absolute Gasteiger partial charge is 0.305 e. The maximum Gasteiger partial charge on any atom is 0.305 e. The van der Waals surface area contributed by atoms with Crippen molar-refractivity contribution in [3.8, 4) is 11.1 Å². The van der Waals surface area contributed by atoms with Crippen LogP contribution in [-0.2, 0) is 9.53 Å². The maximum absolute atomic E-state index is 13.3. The lowest BCUT2D eigenvalue weighted by molar-refractivity contribution is -0.142. The number of esters is 1. The predicted molar refractivity (Wildman–Crippen MR) is 78.8 cm³/mol. The minimum Gasteiger partial charge on any atom is -0.466 e. The van der Waals surface area contributed by atoms with Gasteiger partial charge in [0.1, 0.15) is 5.82 Å². The molecule has 0 aliphatic heterocycles. The summed E-state index contributed by atoms with van der Waals surface area (Å²) >= 11 is 0. The van der Waals surface area contributed by atoms with Crippen LogP contribution in [0.3, 0.4) is 0 Å². The van der Waals surface area contributed by atoms with Crippen molar-refractivity contribution in [1.29, 1.82) is 0 Å². The van der Waals surface area contributed by atoms with Crippen LogP contribution in [0.5, 0.6) is 0 Å². The molecule has 0 amide bonds. The van der Waals surface area contributed by atoms with Crippen LogP contribution in [-0.4, -0.2) is 12.6 Å². The SMILES string of the molecule is CCOC(=O)CC.Fc1ccccc1-c1ccccc1. The molecule has 0 saturated heterocycles. The fourth-order valence-corrected chi connectivity index (χ4v) is 1.58. The van der Waals surface area contributed by atoms with Crippen LogP contribution >= 0.6 is 0 Å². The van der Waals surface area contributed by atoms with Crippen molar-refractivity contribution in [3.63, 3.8) is 0 Å². The van der Waals surface area contributed by atoms with E-state index in [1.54, 1.807) is 26.0 Å². The van der Waals surface area contributed by atoms with Crippen molar-refractivity contribution < 1.29 is 13.9 Å². The van der Waals surface area contributed by atoms with Crippen LogP contribution in [0.1, 0.15) is 20.3 Å². The monoisotopic (exact) mass is 274 g/mol. The van der Waals surface area contributed by atoms with E-state index in [0.29, 0.717) is 18.6 Å². The first-order valence-corrected chi connectivity index (χ1v) is 6.64. The zero-order valence-electron chi connectivity index (χ0n) is 11.8. The van der Waals surface area contributed by atoms with E-state index in [1.165, 1.54) is 6.07 Å². The van der Waals surface area contributed by atoms with Crippen LogP contribution in [0.15, 0.2) is 54.6 Å². The van der Waals surface area contributed by atoms with Gasteiger partial charge in [0.05, 0.1) is 6.61 Å². The van der Waals surface area contributed by atoms with Crippen molar-refractivity contribution in [1.82, 2.24) is 0 Å². The second kappa shape index (κ2) is 8.86. The third-order valence-corrected chi connectivity index (χ3v) is 2.55. The summed E-state index contributed by atoms with van der Waals surface area (Å²) in [6, 6.07) is 16.3. The highest BCUT2D eigenvalue weighted by molar-refractivity contribution is 5.68. The molecule has 0 heterocycles. The van der Waals surface area contributed by atoms with E-state index in [0.717, 1.165) is 5.56 Å². The molecule has 2 nitrogen and oxygen atoms in total. The van der Waals surface area contributed by atoms with Crippen LogP contribution in [0, 0.1) is 5.82 Å². The lowest BCUT2D eigenvalue weighted by Crippen LogP contribution is -2.00. The molecule has 2 aromatic carbocycles. The maximum atomic E-state index is 13.3. The molecule has 0 saturated carbocycles. The minimum absolute atomic E-state index is 0.123. The van der Waals surface area contributed by atoms with E-state index in [1.807, 2.05) is 36.4 Å². The normalized spacial score (nSPS) is 9.35. The average molecular weight is 274 g/mol. The van der Waals surface area contributed by atoms with Crippen LogP contribution in [0.2, 0.25) is 0 Å². The Hall–Kier alpha value is -2.16. The molecular formula is C17H19FO2. The van der Waals surface area contributed by atoms with Crippen LogP contribution < -0.4 is 0 Å². The fourth-order valence-electron chi connectivity index (χ4n) is 1.58. The Morgan fingerprint density at radius 3 is 2.10 bits per heavy atom. The Balaban J connectivity index is 0.000000246. The molecule has 0 bridgehead atoms. The van der Waals surface area contributed by atoms with E-state index in [-0.39, 0.29) is 11.8 Å². The highest BCUT2D eigenvalue weighted by Crippen LogP contribution is 2.21. The van der Waals surface area contributed by atoms with E-state index < -0.39 is 0 Å². The van der Waals surface area contributed by atoms with Gasteiger partial charge in [0, 0.05) is 12.0 Å².